The van der Waals surface area contributed by atoms with Crippen molar-refractivity contribution in [1.82, 2.24) is 4.98 Å². The summed E-state index contributed by atoms with van der Waals surface area (Å²) in [5.41, 5.74) is 1.14. The van der Waals surface area contributed by atoms with Crippen LogP contribution in [0.15, 0.2) is 18.3 Å². The number of phenols is 1. The molecule has 0 atom stereocenters. The Kier molecular flexibility index (Phi) is 1.89. The Labute approximate surface area is 80.1 Å². The molecule has 0 saturated heterocycles. The number of ether oxygens (including phenoxy) is 1. The average Bonchev–Trinajstić information content (AvgIpc) is 2.62. The van der Waals surface area contributed by atoms with Crippen LogP contribution in [0.1, 0.15) is 10.4 Å². The van der Waals surface area contributed by atoms with Crippen molar-refractivity contribution in [3.8, 4) is 11.5 Å². The molecule has 4 heteroatoms. The Morgan fingerprint density at radius 2 is 2.29 bits per heavy atom. The number of nitrogens with one attached hydrogen (secondary N) is 1. The molecule has 1 heterocycles. The van der Waals surface area contributed by atoms with Gasteiger partial charge in [0.15, 0.2) is 17.8 Å². The number of phenolic OH excluding ortho intramolecular Hbond substituents is 1. The third kappa shape index (κ3) is 1.04. The van der Waals surface area contributed by atoms with Crippen molar-refractivity contribution in [2.45, 2.75) is 0 Å². The molecule has 2 N–H and O–H groups in total. The highest BCUT2D eigenvalue weighted by atomic mass is 16.5. The molecule has 0 spiro atoms. The molecule has 2 rings (SSSR count). The van der Waals surface area contributed by atoms with Gasteiger partial charge in [0.2, 0.25) is 0 Å². The second kappa shape index (κ2) is 3.06. The predicted molar refractivity (Wildman–Crippen MR) is 51.9 cm³/mol. The van der Waals surface area contributed by atoms with E-state index < -0.39 is 0 Å². The molecule has 0 aliphatic heterocycles. The summed E-state index contributed by atoms with van der Waals surface area (Å²) in [5.74, 6) is 0.355. The van der Waals surface area contributed by atoms with Crippen molar-refractivity contribution in [3.05, 3.63) is 23.9 Å². The zero-order valence-electron chi connectivity index (χ0n) is 7.57. The summed E-state index contributed by atoms with van der Waals surface area (Å²) in [6.45, 7) is 0. The molecule has 14 heavy (non-hydrogen) atoms. The molecule has 0 bridgehead atoms. The molecule has 0 aliphatic rings. The van der Waals surface area contributed by atoms with E-state index in [2.05, 4.69) is 4.98 Å². The molecule has 4 nitrogen and oxygen atoms in total. The first-order valence-electron chi connectivity index (χ1n) is 4.10. The number of carbonyl (C=O) groups is 1. The maximum atomic E-state index is 10.7. The standard InChI is InChI=1S/C10H9NO3/c1-14-8-3-2-7-9(10(8)13)6(5-12)4-11-7/h2-5,11,13H,1H3. The number of aromatic nitrogens is 1. The first kappa shape index (κ1) is 8.62. The number of H-pyrrole nitrogens is 1. The Balaban J connectivity index is 2.83. The minimum Gasteiger partial charge on any atom is -0.504 e. The van der Waals surface area contributed by atoms with E-state index in [9.17, 15) is 9.90 Å². The van der Waals surface area contributed by atoms with Crippen LogP contribution in [0.2, 0.25) is 0 Å². The smallest absolute Gasteiger partial charge is 0.167 e. The van der Waals surface area contributed by atoms with Gasteiger partial charge < -0.3 is 14.8 Å². The van der Waals surface area contributed by atoms with Gasteiger partial charge in [0, 0.05) is 11.8 Å². The second-order valence-electron chi connectivity index (χ2n) is 2.90. The van der Waals surface area contributed by atoms with Gasteiger partial charge in [-0.3, -0.25) is 4.79 Å². The molecule has 0 saturated carbocycles. The van der Waals surface area contributed by atoms with Crippen LogP contribution < -0.4 is 4.74 Å². The Hall–Kier alpha value is -1.97. The average molecular weight is 191 g/mol. The summed E-state index contributed by atoms with van der Waals surface area (Å²) in [7, 11) is 1.47. The molecule has 0 radical (unpaired) electrons. The molecule has 1 aromatic carbocycles. The summed E-state index contributed by atoms with van der Waals surface area (Å²) < 4.78 is 4.94. The van der Waals surface area contributed by atoms with Crippen molar-refractivity contribution in [3.63, 3.8) is 0 Å². The van der Waals surface area contributed by atoms with Gasteiger partial charge in [-0.2, -0.15) is 0 Å². The maximum absolute atomic E-state index is 10.7. The Morgan fingerprint density at radius 3 is 2.93 bits per heavy atom. The number of hydrogen-bond acceptors (Lipinski definition) is 3. The van der Waals surface area contributed by atoms with Crippen LogP contribution in [-0.2, 0) is 0 Å². The second-order valence-corrected chi connectivity index (χ2v) is 2.90. The highest BCUT2D eigenvalue weighted by Crippen LogP contribution is 2.35. The monoisotopic (exact) mass is 191 g/mol. The maximum Gasteiger partial charge on any atom is 0.167 e. The molecule has 72 valence electrons. The Bertz CT molecular complexity index is 487. The van der Waals surface area contributed by atoms with Crippen molar-refractivity contribution in [2.75, 3.05) is 7.11 Å². The minimum absolute atomic E-state index is 0.00616. The van der Waals surface area contributed by atoms with E-state index in [-0.39, 0.29) is 5.75 Å². The lowest BCUT2D eigenvalue weighted by molar-refractivity contribution is 0.112. The van der Waals surface area contributed by atoms with Crippen LogP contribution >= 0.6 is 0 Å². The van der Waals surface area contributed by atoms with Crippen molar-refractivity contribution >= 4 is 17.2 Å². The first-order valence-corrected chi connectivity index (χ1v) is 4.10. The summed E-state index contributed by atoms with van der Waals surface area (Å²) in [4.78, 5) is 13.5. The zero-order valence-corrected chi connectivity index (χ0v) is 7.57. The number of fused-ring (bicyclic) bond motifs is 1. The number of aromatic hydroxyl groups is 1. The fourth-order valence-corrected chi connectivity index (χ4v) is 1.47. The van der Waals surface area contributed by atoms with Crippen LogP contribution in [0.4, 0.5) is 0 Å². The fourth-order valence-electron chi connectivity index (χ4n) is 1.47. The lowest BCUT2D eigenvalue weighted by atomic mass is 10.1. The molecule has 0 unspecified atom stereocenters. The molecule has 1 aromatic heterocycles. The molecule has 2 aromatic rings. The largest absolute Gasteiger partial charge is 0.504 e. The first-order chi connectivity index (χ1) is 6.77. The molecule has 0 fully saturated rings. The fraction of sp³-hybridized carbons (Fsp3) is 0.100. The summed E-state index contributed by atoms with van der Waals surface area (Å²) in [6, 6.07) is 3.39. The lowest BCUT2D eigenvalue weighted by Crippen LogP contribution is -1.84. The van der Waals surface area contributed by atoms with Crippen molar-refractivity contribution < 1.29 is 14.6 Å². The predicted octanol–water partition coefficient (Wildman–Crippen LogP) is 1.69. The SMILES string of the molecule is COc1ccc2[nH]cc(C=O)c2c1O. The van der Waals surface area contributed by atoms with Gasteiger partial charge >= 0.3 is 0 Å². The van der Waals surface area contributed by atoms with Crippen molar-refractivity contribution in [1.29, 1.82) is 0 Å². The van der Waals surface area contributed by atoms with Gasteiger partial charge in [-0.05, 0) is 12.1 Å². The van der Waals surface area contributed by atoms with Gasteiger partial charge in [0.25, 0.3) is 0 Å². The summed E-state index contributed by atoms with van der Waals surface area (Å²) >= 11 is 0. The lowest BCUT2D eigenvalue weighted by Gasteiger charge is -2.03. The number of aromatic amines is 1. The van der Waals surface area contributed by atoms with Gasteiger partial charge in [-0.15, -0.1) is 0 Å². The third-order valence-corrected chi connectivity index (χ3v) is 2.16. The van der Waals surface area contributed by atoms with Crippen molar-refractivity contribution in [2.24, 2.45) is 0 Å². The normalized spacial score (nSPS) is 10.4. The topological polar surface area (TPSA) is 62.3 Å². The molecule has 0 amide bonds. The number of hydrogen-bond donors (Lipinski definition) is 2. The number of benzene rings is 1. The minimum atomic E-state index is -0.00616. The number of aldehydes is 1. The number of rotatable bonds is 2. The highest BCUT2D eigenvalue weighted by molar-refractivity contribution is 6.01. The van der Waals surface area contributed by atoms with E-state index in [1.807, 2.05) is 0 Å². The van der Waals surface area contributed by atoms with E-state index in [0.29, 0.717) is 28.5 Å². The van der Waals surface area contributed by atoms with Crippen LogP contribution in [0, 0.1) is 0 Å². The van der Waals surface area contributed by atoms with Crippen LogP contribution in [0.3, 0.4) is 0 Å². The summed E-state index contributed by atoms with van der Waals surface area (Å²) in [5, 5.41) is 10.2. The highest BCUT2D eigenvalue weighted by Gasteiger charge is 2.11. The number of methoxy groups -OCH3 is 1. The zero-order chi connectivity index (χ0) is 10.1. The van der Waals surface area contributed by atoms with Gasteiger partial charge in [-0.1, -0.05) is 0 Å². The molecular weight excluding hydrogens is 182 g/mol. The van der Waals surface area contributed by atoms with Gasteiger partial charge in [0.1, 0.15) is 0 Å². The van der Waals surface area contributed by atoms with E-state index >= 15 is 0 Å². The van der Waals surface area contributed by atoms with Crippen LogP contribution in [0.25, 0.3) is 10.9 Å². The van der Waals surface area contributed by atoms with E-state index in [0.717, 1.165) is 0 Å². The van der Waals surface area contributed by atoms with Crippen LogP contribution in [0.5, 0.6) is 11.5 Å². The summed E-state index contributed by atoms with van der Waals surface area (Å²) in [6.07, 6.45) is 2.24. The molecular formula is C10H9NO3. The van der Waals surface area contributed by atoms with E-state index in [1.54, 1.807) is 18.3 Å². The number of carbonyl (C=O) groups excluding carboxylic acids is 1. The van der Waals surface area contributed by atoms with E-state index in [4.69, 9.17) is 4.74 Å². The van der Waals surface area contributed by atoms with E-state index in [1.165, 1.54) is 7.11 Å². The molecule has 0 aliphatic carbocycles. The third-order valence-electron chi connectivity index (χ3n) is 2.16. The van der Waals surface area contributed by atoms with Gasteiger partial charge in [-0.25, -0.2) is 0 Å². The quantitative estimate of drug-likeness (QED) is 0.710. The van der Waals surface area contributed by atoms with Crippen LogP contribution in [-0.4, -0.2) is 23.5 Å². The van der Waals surface area contributed by atoms with Gasteiger partial charge in [0.05, 0.1) is 18.0 Å². The Morgan fingerprint density at radius 1 is 1.50 bits per heavy atom.